The first kappa shape index (κ1) is 8.76. The third-order valence-electron chi connectivity index (χ3n) is 2.44. The monoisotopic (exact) mass is 188 g/mol. The highest BCUT2D eigenvalue weighted by atomic mass is 16.7. The van der Waals surface area contributed by atoms with Crippen molar-refractivity contribution in [2.75, 3.05) is 0 Å². The van der Waals surface area contributed by atoms with E-state index in [1.54, 1.807) is 0 Å². The molecule has 0 aromatic carbocycles. The molecule has 0 radical (unpaired) electrons. The maximum Gasteiger partial charge on any atom is 0.240 e. The Labute approximate surface area is 72.7 Å². The van der Waals surface area contributed by atoms with Crippen molar-refractivity contribution in [1.29, 1.82) is 0 Å². The first-order valence-electron chi connectivity index (χ1n) is 3.78. The van der Waals surface area contributed by atoms with E-state index in [1.165, 1.54) is 0 Å². The first-order valence-corrected chi connectivity index (χ1v) is 3.78. The number of aldehydes is 1. The maximum atomic E-state index is 10.8. The molecule has 5 unspecified atom stereocenters. The molecule has 2 fully saturated rings. The number of hydrogen-bond donors (Lipinski definition) is 3. The fraction of sp³-hybridized carbons (Fsp3) is 0.714. The van der Waals surface area contributed by atoms with Crippen LogP contribution in [0.2, 0.25) is 0 Å². The molecule has 5 atom stereocenters. The van der Waals surface area contributed by atoms with Crippen LogP contribution >= 0.6 is 0 Å². The molecule has 1 aliphatic heterocycles. The Balaban J connectivity index is 2.15. The van der Waals surface area contributed by atoms with E-state index < -0.39 is 35.8 Å². The molecule has 1 heterocycles. The van der Waals surface area contributed by atoms with E-state index in [0.29, 0.717) is 0 Å². The Bertz CT molecular complexity index is 276. The second kappa shape index (κ2) is 2.36. The van der Waals surface area contributed by atoms with Gasteiger partial charge >= 0.3 is 0 Å². The topological polar surface area (TPSA) is 104 Å². The zero-order valence-electron chi connectivity index (χ0n) is 6.45. The molecule has 0 bridgehead atoms. The zero-order valence-corrected chi connectivity index (χ0v) is 6.45. The van der Waals surface area contributed by atoms with E-state index in [4.69, 9.17) is 5.11 Å². The lowest BCUT2D eigenvalue weighted by molar-refractivity contribution is -0.177. The minimum Gasteiger partial charge on any atom is -0.389 e. The van der Waals surface area contributed by atoms with E-state index in [1.807, 2.05) is 0 Å². The molecule has 1 saturated heterocycles. The summed E-state index contributed by atoms with van der Waals surface area (Å²) in [5, 5.41) is 27.6. The highest BCUT2D eigenvalue weighted by molar-refractivity contribution is 6.06. The number of carbonyl (C=O) groups is 2. The minimum absolute atomic E-state index is 0.187. The Morgan fingerprint density at radius 3 is 2.62 bits per heavy atom. The van der Waals surface area contributed by atoms with Gasteiger partial charge in [-0.05, 0) is 0 Å². The number of hydrogen-bond acceptors (Lipinski definition) is 6. The molecule has 72 valence electrons. The highest BCUT2D eigenvalue weighted by Gasteiger charge is 2.77. The average Bonchev–Trinajstić information content (AvgIpc) is 2.48. The van der Waals surface area contributed by atoms with Gasteiger partial charge in [-0.2, -0.15) is 0 Å². The van der Waals surface area contributed by atoms with Gasteiger partial charge in [0, 0.05) is 0 Å². The number of aliphatic hydroxyl groups is 3. The lowest BCUT2D eigenvalue weighted by Gasteiger charge is -2.18. The zero-order chi connectivity index (χ0) is 9.80. The van der Waals surface area contributed by atoms with Crippen LogP contribution in [0.5, 0.6) is 0 Å². The maximum absolute atomic E-state index is 10.8. The van der Waals surface area contributed by atoms with Crippen molar-refractivity contribution in [3.8, 4) is 0 Å². The van der Waals surface area contributed by atoms with Gasteiger partial charge in [0.05, 0.1) is 6.10 Å². The van der Waals surface area contributed by atoms with Crippen LogP contribution in [0.3, 0.4) is 0 Å². The normalized spacial score (nSPS) is 50.1. The standard InChI is InChI=1S/C7H8O6/c8-1-2(9)5-4(10)3-6(11)7(3,12)13-5/h1-5,9-10,12H. The van der Waals surface area contributed by atoms with E-state index in [-0.39, 0.29) is 6.29 Å². The molecule has 0 spiro atoms. The summed E-state index contributed by atoms with van der Waals surface area (Å²) < 4.78 is 4.67. The summed E-state index contributed by atoms with van der Waals surface area (Å²) in [4.78, 5) is 20.9. The Morgan fingerprint density at radius 2 is 2.23 bits per heavy atom. The fourth-order valence-electron chi connectivity index (χ4n) is 1.63. The molecule has 6 nitrogen and oxygen atoms in total. The van der Waals surface area contributed by atoms with Gasteiger partial charge in [-0.15, -0.1) is 0 Å². The minimum atomic E-state index is -1.96. The van der Waals surface area contributed by atoms with Crippen LogP contribution in [-0.2, 0) is 14.3 Å². The van der Waals surface area contributed by atoms with E-state index in [9.17, 15) is 19.8 Å². The molecule has 1 saturated carbocycles. The lowest BCUT2D eigenvalue weighted by atomic mass is 10.1. The van der Waals surface area contributed by atoms with Crippen LogP contribution in [0.25, 0.3) is 0 Å². The summed E-state index contributed by atoms with van der Waals surface area (Å²) in [5.41, 5.74) is 0. The predicted molar refractivity (Wildman–Crippen MR) is 36.4 cm³/mol. The number of ketones is 1. The molecule has 0 amide bonds. The molecule has 0 aromatic heterocycles. The van der Waals surface area contributed by atoms with Crippen LogP contribution in [0.4, 0.5) is 0 Å². The van der Waals surface area contributed by atoms with Crippen molar-refractivity contribution in [2.45, 2.75) is 24.1 Å². The van der Waals surface area contributed by atoms with Crippen molar-refractivity contribution in [3.63, 3.8) is 0 Å². The van der Waals surface area contributed by atoms with E-state index in [2.05, 4.69) is 4.74 Å². The van der Waals surface area contributed by atoms with E-state index >= 15 is 0 Å². The van der Waals surface area contributed by atoms with E-state index in [0.717, 1.165) is 0 Å². The quantitative estimate of drug-likeness (QED) is 0.404. The number of carbonyl (C=O) groups excluding carboxylic acids is 2. The molecule has 2 rings (SSSR count). The molecular formula is C7H8O6. The van der Waals surface area contributed by atoms with Crippen molar-refractivity contribution >= 4 is 12.1 Å². The third kappa shape index (κ3) is 0.910. The molecule has 13 heavy (non-hydrogen) atoms. The summed E-state index contributed by atoms with van der Waals surface area (Å²) in [6.45, 7) is 0. The second-order valence-electron chi connectivity index (χ2n) is 3.24. The lowest BCUT2D eigenvalue weighted by Crippen LogP contribution is -2.40. The van der Waals surface area contributed by atoms with Crippen molar-refractivity contribution in [2.24, 2.45) is 5.92 Å². The van der Waals surface area contributed by atoms with Crippen molar-refractivity contribution < 1.29 is 29.6 Å². The average molecular weight is 188 g/mol. The van der Waals surface area contributed by atoms with Gasteiger partial charge in [0.15, 0.2) is 6.29 Å². The smallest absolute Gasteiger partial charge is 0.240 e. The van der Waals surface area contributed by atoms with Crippen LogP contribution in [-0.4, -0.2) is 51.5 Å². The Morgan fingerprint density at radius 1 is 1.62 bits per heavy atom. The first-order chi connectivity index (χ1) is 6.02. The number of Topliss-reactive ketones (excluding diaryl/α,β-unsaturated/α-hetero) is 1. The van der Waals surface area contributed by atoms with Gasteiger partial charge in [-0.3, -0.25) is 4.79 Å². The van der Waals surface area contributed by atoms with Crippen LogP contribution in [0.15, 0.2) is 0 Å². The van der Waals surface area contributed by atoms with Gasteiger partial charge in [-0.1, -0.05) is 0 Å². The summed E-state index contributed by atoms with van der Waals surface area (Å²) in [6, 6.07) is 0. The number of aliphatic hydroxyl groups excluding tert-OH is 2. The highest BCUT2D eigenvalue weighted by Crippen LogP contribution is 2.50. The molecule has 0 aromatic rings. The second-order valence-corrected chi connectivity index (χ2v) is 3.24. The van der Waals surface area contributed by atoms with Gasteiger partial charge in [0.25, 0.3) is 0 Å². The number of fused-ring (bicyclic) bond motifs is 1. The summed E-state index contributed by atoms with van der Waals surface area (Å²) in [5.74, 6) is -3.57. The summed E-state index contributed by atoms with van der Waals surface area (Å²) in [6.07, 6.45) is -3.84. The summed E-state index contributed by atoms with van der Waals surface area (Å²) >= 11 is 0. The molecule has 6 heteroatoms. The summed E-state index contributed by atoms with van der Waals surface area (Å²) in [7, 11) is 0. The largest absolute Gasteiger partial charge is 0.389 e. The van der Waals surface area contributed by atoms with Gasteiger partial charge in [-0.25, -0.2) is 0 Å². The van der Waals surface area contributed by atoms with Crippen LogP contribution < -0.4 is 0 Å². The van der Waals surface area contributed by atoms with Gasteiger partial charge in [0.2, 0.25) is 11.6 Å². The Hall–Kier alpha value is -0.820. The molecular weight excluding hydrogens is 180 g/mol. The fourth-order valence-corrected chi connectivity index (χ4v) is 1.63. The van der Waals surface area contributed by atoms with Gasteiger partial charge in [0.1, 0.15) is 18.1 Å². The van der Waals surface area contributed by atoms with Crippen molar-refractivity contribution in [1.82, 2.24) is 0 Å². The third-order valence-corrected chi connectivity index (χ3v) is 2.44. The van der Waals surface area contributed by atoms with Crippen LogP contribution in [0.1, 0.15) is 0 Å². The van der Waals surface area contributed by atoms with Crippen molar-refractivity contribution in [3.05, 3.63) is 0 Å². The predicted octanol–water partition coefficient (Wildman–Crippen LogP) is -2.81. The molecule has 1 aliphatic carbocycles. The van der Waals surface area contributed by atoms with Crippen LogP contribution in [0, 0.1) is 5.92 Å². The number of rotatable bonds is 2. The Kier molecular flexibility index (Phi) is 1.59. The molecule has 3 N–H and O–H groups in total. The SMILES string of the molecule is O=CC(O)C1OC2(O)C(=O)C2C1O. The molecule has 2 aliphatic rings. The number of ether oxygens (including phenoxy) is 1. The van der Waals surface area contributed by atoms with Gasteiger partial charge < -0.3 is 24.9 Å².